The number of carboxylic acid groups (broad SMARTS) is 1. The van der Waals surface area contributed by atoms with E-state index in [1.165, 1.54) is 12.8 Å². The van der Waals surface area contributed by atoms with Crippen molar-refractivity contribution in [3.8, 4) is 0 Å². The van der Waals surface area contributed by atoms with Crippen LogP contribution in [0, 0.1) is 5.92 Å². The molecule has 2 bridgehead atoms. The largest absolute Gasteiger partial charge is 0.490 e. The van der Waals surface area contributed by atoms with Gasteiger partial charge in [-0.05, 0) is 43.4 Å². The summed E-state index contributed by atoms with van der Waals surface area (Å²) in [6.07, 6.45) is 5.06. The average molecular weight is 444 g/mol. The first kappa shape index (κ1) is 23.5. The maximum Gasteiger partial charge on any atom is 0.490 e. The monoisotopic (exact) mass is 444 g/mol. The summed E-state index contributed by atoms with van der Waals surface area (Å²) in [6.45, 7) is 1.90. The van der Waals surface area contributed by atoms with E-state index in [0.29, 0.717) is 25.7 Å². The van der Waals surface area contributed by atoms with Crippen molar-refractivity contribution >= 4 is 11.9 Å². The number of pyridine rings is 1. The van der Waals surface area contributed by atoms with Gasteiger partial charge in [-0.1, -0.05) is 12.8 Å². The number of carboxylic acids is 1. The van der Waals surface area contributed by atoms with Crippen molar-refractivity contribution in [2.75, 3.05) is 13.2 Å². The Bertz CT molecular complexity index is 740. The summed E-state index contributed by atoms with van der Waals surface area (Å²) in [5, 5.41) is 7.12. The third kappa shape index (κ3) is 6.16. The van der Waals surface area contributed by atoms with Gasteiger partial charge in [-0.3, -0.25) is 9.78 Å². The first-order valence-electron chi connectivity index (χ1n) is 10.5. The minimum Gasteiger partial charge on any atom is -0.475 e. The number of rotatable bonds is 4. The molecular formula is C21H27F3N2O5. The second kappa shape index (κ2) is 10.4. The number of alkyl halides is 3. The smallest absolute Gasteiger partial charge is 0.475 e. The molecule has 2 saturated carbocycles. The second-order valence-electron chi connectivity index (χ2n) is 8.00. The summed E-state index contributed by atoms with van der Waals surface area (Å²) in [7, 11) is 0. The molecule has 7 nitrogen and oxygen atoms in total. The number of fused-ring (bicyclic) bond motifs is 2. The van der Waals surface area contributed by atoms with Crippen molar-refractivity contribution in [3.05, 3.63) is 30.1 Å². The molecule has 0 spiro atoms. The summed E-state index contributed by atoms with van der Waals surface area (Å²) in [4.78, 5) is 28.0. The van der Waals surface area contributed by atoms with Gasteiger partial charge in [0.2, 0.25) is 5.91 Å². The summed E-state index contributed by atoms with van der Waals surface area (Å²) in [6, 6.07) is 4.12. The first-order valence-corrected chi connectivity index (χ1v) is 10.5. The normalized spacial score (nSPS) is 26.2. The predicted molar refractivity (Wildman–Crippen MR) is 103 cm³/mol. The number of hydrogen-bond donors (Lipinski definition) is 1. The third-order valence-corrected chi connectivity index (χ3v) is 5.98. The van der Waals surface area contributed by atoms with Gasteiger partial charge in [-0.25, -0.2) is 4.79 Å². The van der Waals surface area contributed by atoms with Crippen LogP contribution >= 0.6 is 0 Å². The summed E-state index contributed by atoms with van der Waals surface area (Å²) >= 11 is 0. The lowest BCUT2D eigenvalue weighted by Gasteiger charge is -2.33. The first-order chi connectivity index (χ1) is 14.8. The van der Waals surface area contributed by atoms with Crippen LogP contribution in [0.5, 0.6) is 0 Å². The fraction of sp³-hybridized carbons (Fsp3) is 0.667. The SMILES string of the molecule is O=C(C1CCCC1)N1CCOC2CCC1C2OCc1ccncc1.O=C(O)C(F)(F)F. The Hall–Kier alpha value is -2.20. The minimum absolute atomic E-state index is 0.00832. The molecular weight excluding hydrogens is 417 g/mol. The standard InChI is InChI=1S/C19H26N2O3.C2HF3O2/c22-19(15-3-1-2-4-15)21-11-12-23-17-6-5-16(21)18(17)24-13-14-7-9-20-10-8-14;3-2(4,5)1(6)7/h7-10,15-18H,1-6,11-13H2;(H,6,7). The van der Waals surface area contributed by atoms with E-state index in [2.05, 4.69) is 9.88 Å². The van der Waals surface area contributed by atoms with Gasteiger partial charge >= 0.3 is 12.1 Å². The molecule has 3 fully saturated rings. The lowest BCUT2D eigenvalue weighted by Crippen LogP contribution is -2.48. The van der Waals surface area contributed by atoms with Crippen LogP contribution < -0.4 is 0 Å². The van der Waals surface area contributed by atoms with Crippen LogP contribution in [0.3, 0.4) is 0 Å². The van der Waals surface area contributed by atoms with E-state index in [-0.39, 0.29) is 24.2 Å². The van der Waals surface area contributed by atoms with Crippen molar-refractivity contribution in [3.63, 3.8) is 0 Å². The number of halogens is 3. The van der Waals surface area contributed by atoms with Crippen LogP contribution in [0.15, 0.2) is 24.5 Å². The summed E-state index contributed by atoms with van der Waals surface area (Å²) < 4.78 is 44.0. The van der Waals surface area contributed by atoms with Crippen molar-refractivity contribution in [2.45, 2.75) is 69.6 Å². The van der Waals surface area contributed by atoms with Crippen LogP contribution in [-0.4, -0.2) is 64.4 Å². The molecule has 0 radical (unpaired) electrons. The molecule has 1 amide bonds. The third-order valence-electron chi connectivity index (χ3n) is 5.98. The zero-order valence-electron chi connectivity index (χ0n) is 17.1. The topological polar surface area (TPSA) is 89.0 Å². The maximum absolute atomic E-state index is 13.0. The molecule has 31 heavy (non-hydrogen) atoms. The van der Waals surface area contributed by atoms with Gasteiger partial charge in [0, 0.05) is 24.9 Å². The van der Waals surface area contributed by atoms with E-state index in [1.807, 2.05) is 12.1 Å². The Labute approximate surface area is 178 Å². The van der Waals surface area contributed by atoms with Gasteiger partial charge in [0.05, 0.1) is 25.4 Å². The van der Waals surface area contributed by atoms with Crippen LogP contribution in [0.4, 0.5) is 13.2 Å². The number of ether oxygens (including phenoxy) is 2. The molecule has 1 aromatic rings. The van der Waals surface area contributed by atoms with Crippen molar-refractivity contribution < 1.29 is 37.3 Å². The number of carbonyl (C=O) groups is 2. The highest BCUT2D eigenvalue weighted by molar-refractivity contribution is 5.79. The van der Waals surface area contributed by atoms with Gasteiger partial charge < -0.3 is 19.5 Å². The van der Waals surface area contributed by atoms with Crippen molar-refractivity contribution in [1.82, 2.24) is 9.88 Å². The van der Waals surface area contributed by atoms with E-state index in [9.17, 15) is 18.0 Å². The van der Waals surface area contributed by atoms with Crippen molar-refractivity contribution in [1.29, 1.82) is 0 Å². The number of carbonyl (C=O) groups excluding carboxylic acids is 1. The van der Waals surface area contributed by atoms with Gasteiger partial charge in [-0.15, -0.1) is 0 Å². The number of amides is 1. The molecule has 1 aromatic heterocycles. The molecule has 2 heterocycles. The lowest BCUT2D eigenvalue weighted by atomic mass is 10.0. The molecule has 3 unspecified atom stereocenters. The molecule has 3 aliphatic rings. The Morgan fingerprint density at radius 2 is 1.81 bits per heavy atom. The second-order valence-corrected chi connectivity index (χ2v) is 8.00. The highest BCUT2D eigenvalue weighted by Gasteiger charge is 2.45. The van der Waals surface area contributed by atoms with Crippen LogP contribution in [0.2, 0.25) is 0 Å². The van der Waals surface area contributed by atoms with E-state index in [1.54, 1.807) is 12.4 Å². The Kier molecular flexibility index (Phi) is 7.88. The average Bonchev–Trinajstić information content (AvgIpc) is 3.35. The molecule has 4 rings (SSSR count). The van der Waals surface area contributed by atoms with E-state index in [4.69, 9.17) is 19.4 Å². The Morgan fingerprint density at radius 3 is 2.42 bits per heavy atom. The van der Waals surface area contributed by atoms with E-state index >= 15 is 0 Å². The predicted octanol–water partition coefficient (Wildman–Crippen LogP) is 3.18. The van der Waals surface area contributed by atoms with E-state index in [0.717, 1.165) is 31.2 Å². The van der Waals surface area contributed by atoms with Gasteiger partial charge in [0.1, 0.15) is 6.10 Å². The number of hydrogen-bond acceptors (Lipinski definition) is 5. The van der Waals surface area contributed by atoms with Gasteiger partial charge in [0.25, 0.3) is 0 Å². The van der Waals surface area contributed by atoms with Gasteiger partial charge in [0.15, 0.2) is 0 Å². The van der Waals surface area contributed by atoms with Crippen LogP contribution in [0.1, 0.15) is 44.1 Å². The molecule has 2 aliphatic carbocycles. The van der Waals surface area contributed by atoms with Crippen molar-refractivity contribution in [2.24, 2.45) is 5.92 Å². The molecule has 1 aliphatic heterocycles. The minimum atomic E-state index is -5.08. The zero-order chi connectivity index (χ0) is 22.4. The molecule has 0 aromatic carbocycles. The summed E-state index contributed by atoms with van der Waals surface area (Å²) in [5.41, 5.74) is 1.11. The fourth-order valence-electron chi connectivity index (χ4n) is 4.46. The number of aliphatic carboxylic acids is 1. The summed E-state index contributed by atoms with van der Waals surface area (Å²) in [5.74, 6) is -2.20. The Balaban J connectivity index is 0.000000339. The highest BCUT2D eigenvalue weighted by atomic mass is 19.4. The molecule has 172 valence electrons. The highest BCUT2D eigenvalue weighted by Crippen LogP contribution is 2.35. The molecule has 1 saturated heterocycles. The van der Waals surface area contributed by atoms with Crippen LogP contribution in [-0.2, 0) is 25.7 Å². The zero-order valence-corrected chi connectivity index (χ0v) is 17.1. The Morgan fingerprint density at radius 1 is 1.16 bits per heavy atom. The lowest BCUT2D eigenvalue weighted by molar-refractivity contribution is -0.192. The van der Waals surface area contributed by atoms with Crippen LogP contribution in [0.25, 0.3) is 0 Å². The quantitative estimate of drug-likeness (QED) is 0.768. The maximum atomic E-state index is 13.0. The van der Waals surface area contributed by atoms with E-state index < -0.39 is 12.1 Å². The molecule has 3 atom stereocenters. The molecule has 1 N–H and O–H groups in total. The number of nitrogens with zero attached hydrogens (tertiary/aromatic N) is 2. The number of aromatic nitrogens is 1. The van der Waals surface area contributed by atoms with Gasteiger partial charge in [-0.2, -0.15) is 13.2 Å². The molecule has 10 heteroatoms. The fourth-order valence-corrected chi connectivity index (χ4v) is 4.46.